The second-order valence-corrected chi connectivity index (χ2v) is 3.37. The van der Waals surface area contributed by atoms with Gasteiger partial charge in [-0.25, -0.2) is 4.98 Å². The lowest BCUT2D eigenvalue weighted by Crippen LogP contribution is -2.27. The second-order valence-electron chi connectivity index (χ2n) is 3.37. The van der Waals surface area contributed by atoms with Crippen molar-refractivity contribution < 1.29 is 9.59 Å². The van der Waals surface area contributed by atoms with Gasteiger partial charge in [0.05, 0.1) is 0 Å². The molecule has 7 nitrogen and oxygen atoms in total. The lowest BCUT2D eigenvalue weighted by Gasteiger charge is -2.04. The Bertz CT molecular complexity index is 471. The van der Waals surface area contributed by atoms with E-state index in [-0.39, 0.29) is 18.9 Å². The van der Waals surface area contributed by atoms with Crippen molar-refractivity contribution >= 4 is 18.5 Å². The van der Waals surface area contributed by atoms with E-state index in [0.717, 1.165) is 11.9 Å². The first-order chi connectivity index (χ1) is 9.08. The molecule has 1 heterocycles. The number of nitrogens with zero attached hydrogens (tertiary/aromatic N) is 1. The van der Waals surface area contributed by atoms with Gasteiger partial charge in [0.15, 0.2) is 0 Å². The minimum absolute atomic E-state index is 0.231. The summed E-state index contributed by atoms with van der Waals surface area (Å²) >= 11 is 0. The summed E-state index contributed by atoms with van der Waals surface area (Å²) in [6.45, 7) is 2.05. The molecule has 102 valence electrons. The van der Waals surface area contributed by atoms with E-state index in [2.05, 4.69) is 16.0 Å². The van der Waals surface area contributed by atoms with Crippen molar-refractivity contribution in [2.45, 2.75) is 6.92 Å². The molecule has 0 saturated carbocycles. The molecule has 0 saturated heterocycles. The quantitative estimate of drug-likeness (QED) is 0.438. The number of rotatable bonds is 4. The zero-order valence-electron chi connectivity index (χ0n) is 10.6. The lowest BCUT2D eigenvalue weighted by atomic mass is 10.2. The van der Waals surface area contributed by atoms with Crippen LogP contribution < -0.4 is 16.8 Å². The molecule has 0 radical (unpaired) electrons. The number of pyridine rings is 1. The summed E-state index contributed by atoms with van der Waals surface area (Å²) in [5.41, 5.74) is 11.1. The van der Waals surface area contributed by atoms with E-state index in [1.165, 1.54) is 6.20 Å². The van der Waals surface area contributed by atoms with Crippen molar-refractivity contribution in [2.75, 3.05) is 6.54 Å². The fourth-order valence-corrected chi connectivity index (χ4v) is 1.10. The van der Waals surface area contributed by atoms with Gasteiger partial charge in [-0.3, -0.25) is 9.59 Å². The van der Waals surface area contributed by atoms with Crippen LogP contribution >= 0.6 is 0 Å². The standard InChI is InChI=1S/C11H14N4O.CH3NO/c1-8-3-2-4-10(15-8)11(16)14-7-9(5-12)6-13;2-1-3/h2-6,12H,7,13H2,1H3,(H,14,16);1H,(H2,2,3)/b9-6+,12-5?;. The van der Waals surface area contributed by atoms with Crippen molar-refractivity contribution in [2.24, 2.45) is 11.5 Å². The molecule has 1 rings (SSSR count). The molecule has 0 unspecified atom stereocenters. The van der Waals surface area contributed by atoms with Crippen LogP contribution in [0.2, 0.25) is 0 Å². The number of hydrogen-bond acceptors (Lipinski definition) is 5. The second kappa shape index (κ2) is 9.34. The van der Waals surface area contributed by atoms with E-state index in [9.17, 15) is 4.79 Å². The normalized spacial score (nSPS) is 9.84. The molecular formula is C12H17N5O2. The van der Waals surface area contributed by atoms with Gasteiger partial charge in [0.1, 0.15) is 5.69 Å². The van der Waals surface area contributed by atoms with Crippen LogP contribution in [0.4, 0.5) is 0 Å². The molecule has 0 aliphatic carbocycles. The van der Waals surface area contributed by atoms with Gasteiger partial charge in [-0.1, -0.05) is 6.07 Å². The number of hydrogen-bond donors (Lipinski definition) is 4. The molecule has 2 amide bonds. The molecule has 0 spiro atoms. The summed E-state index contributed by atoms with van der Waals surface area (Å²) in [7, 11) is 0. The van der Waals surface area contributed by atoms with Gasteiger partial charge in [-0.15, -0.1) is 0 Å². The Kier molecular flexibility index (Phi) is 8.01. The smallest absolute Gasteiger partial charge is 0.270 e. The molecule has 0 bridgehead atoms. The number of amides is 2. The van der Waals surface area contributed by atoms with E-state index in [0.29, 0.717) is 11.3 Å². The molecule has 0 aliphatic rings. The summed E-state index contributed by atoms with van der Waals surface area (Å²) in [5, 5.41) is 9.63. The largest absolute Gasteiger partial charge is 0.404 e. The van der Waals surface area contributed by atoms with Crippen molar-refractivity contribution in [1.29, 1.82) is 5.41 Å². The molecule has 0 atom stereocenters. The number of aryl methyl sites for hydroxylation is 1. The Morgan fingerprint density at radius 1 is 1.47 bits per heavy atom. The number of nitrogens with one attached hydrogen (secondary N) is 2. The number of aromatic nitrogens is 1. The number of carbonyl (C=O) groups excluding carboxylic acids is 2. The minimum Gasteiger partial charge on any atom is -0.404 e. The highest BCUT2D eigenvalue weighted by Crippen LogP contribution is 1.98. The third-order valence-electron chi connectivity index (χ3n) is 1.97. The highest BCUT2D eigenvalue weighted by molar-refractivity contribution is 5.93. The first-order valence-corrected chi connectivity index (χ1v) is 5.37. The molecule has 1 aromatic rings. The third-order valence-corrected chi connectivity index (χ3v) is 1.97. The summed E-state index contributed by atoms with van der Waals surface area (Å²) in [5.74, 6) is -0.273. The van der Waals surface area contributed by atoms with Crippen LogP contribution in [-0.2, 0) is 4.79 Å². The minimum atomic E-state index is -0.273. The van der Waals surface area contributed by atoms with E-state index in [1.54, 1.807) is 12.1 Å². The van der Waals surface area contributed by atoms with Crippen molar-refractivity contribution in [3.63, 3.8) is 0 Å². The maximum atomic E-state index is 11.6. The van der Waals surface area contributed by atoms with Crippen molar-refractivity contribution in [3.05, 3.63) is 41.4 Å². The summed E-state index contributed by atoms with van der Waals surface area (Å²) in [4.78, 5) is 24.3. The Hall–Kier alpha value is -2.70. The van der Waals surface area contributed by atoms with Gasteiger partial charge in [-0.2, -0.15) is 0 Å². The summed E-state index contributed by atoms with van der Waals surface area (Å²) in [6.07, 6.45) is 2.64. The molecule has 0 fully saturated rings. The first kappa shape index (κ1) is 16.3. The van der Waals surface area contributed by atoms with Crippen LogP contribution in [0.5, 0.6) is 0 Å². The number of primary amides is 1. The molecule has 6 N–H and O–H groups in total. The van der Waals surface area contributed by atoms with Gasteiger partial charge in [0.25, 0.3) is 5.91 Å². The Balaban J connectivity index is 0.000000982. The van der Waals surface area contributed by atoms with E-state index in [4.69, 9.17) is 15.9 Å². The molecule has 1 aromatic heterocycles. The lowest BCUT2D eigenvalue weighted by molar-refractivity contribution is -0.106. The Labute approximate surface area is 111 Å². The van der Waals surface area contributed by atoms with Gasteiger partial charge in [0, 0.05) is 30.2 Å². The van der Waals surface area contributed by atoms with Crippen LogP contribution in [0.1, 0.15) is 16.2 Å². The van der Waals surface area contributed by atoms with E-state index >= 15 is 0 Å². The monoisotopic (exact) mass is 263 g/mol. The van der Waals surface area contributed by atoms with Gasteiger partial charge in [0.2, 0.25) is 6.41 Å². The zero-order valence-corrected chi connectivity index (χ0v) is 10.6. The average molecular weight is 263 g/mol. The van der Waals surface area contributed by atoms with Crippen LogP contribution in [-0.4, -0.2) is 30.1 Å². The Morgan fingerprint density at radius 3 is 2.58 bits per heavy atom. The van der Waals surface area contributed by atoms with Gasteiger partial charge in [-0.05, 0) is 19.1 Å². The van der Waals surface area contributed by atoms with Crippen molar-refractivity contribution in [3.8, 4) is 0 Å². The molecular weight excluding hydrogens is 246 g/mol. The fourth-order valence-electron chi connectivity index (χ4n) is 1.10. The Morgan fingerprint density at radius 2 is 2.11 bits per heavy atom. The highest BCUT2D eigenvalue weighted by Gasteiger charge is 2.06. The summed E-state index contributed by atoms with van der Waals surface area (Å²) in [6, 6.07) is 5.23. The number of nitrogens with two attached hydrogens (primary N) is 2. The van der Waals surface area contributed by atoms with Gasteiger partial charge < -0.3 is 22.2 Å². The highest BCUT2D eigenvalue weighted by atomic mass is 16.1. The average Bonchev–Trinajstić information content (AvgIpc) is 2.40. The fraction of sp³-hybridized carbons (Fsp3) is 0.167. The maximum Gasteiger partial charge on any atom is 0.270 e. The van der Waals surface area contributed by atoms with Crippen molar-refractivity contribution in [1.82, 2.24) is 10.3 Å². The molecule has 0 aliphatic heterocycles. The van der Waals surface area contributed by atoms with Crippen LogP contribution in [0.3, 0.4) is 0 Å². The molecule has 0 aromatic carbocycles. The predicted molar refractivity (Wildman–Crippen MR) is 72.6 cm³/mol. The van der Waals surface area contributed by atoms with E-state index in [1.807, 2.05) is 13.0 Å². The molecule has 7 heteroatoms. The SMILES string of the molecule is Cc1cccc(C(=O)NC/C(C=N)=C/N)n1.NC=O. The van der Waals surface area contributed by atoms with E-state index < -0.39 is 0 Å². The van der Waals surface area contributed by atoms with Crippen LogP contribution in [0.25, 0.3) is 0 Å². The molecule has 19 heavy (non-hydrogen) atoms. The first-order valence-electron chi connectivity index (χ1n) is 5.37. The van der Waals surface area contributed by atoms with Crippen LogP contribution in [0, 0.1) is 12.3 Å². The zero-order chi connectivity index (χ0) is 14.7. The predicted octanol–water partition coefficient (Wildman–Crippen LogP) is -0.287. The summed E-state index contributed by atoms with van der Waals surface area (Å²) < 4.78 is 0. The van der Waals surface area contributed by atoms with Gasteiger partial charge >= 0.3 is 0 Å². The topological polar surface area (TPSA) is 135 Å². The third kappa shape index (κ3) is 6.57. The number of carbonyl (C=O) groups is 2. The van der Waals surface area contributed by atoms with Crippen LogP contribution in [0.15, 0.2) is 30.0 Å². The maximum absolute atomic E-state index is 11.6.